The molecule has 1 aromatic heterocycles. The van der Waals surface area contributed by atoms with Crippen LogP contribution in [-0.4, -0.2) is 35.1 Å². The van der Waals surface area contributed by atoms with Gasteiger partial charge in [-0.3, -0.25) is 19.4 Å². The third-order valence-corrected chi connectivity index (χ3v) is 8.29. The SMILES string of the molecule is CC(=O)NCC1CC(=O)C2=C(C1)O[C@@H]1C(=C2)C=C[C@]2(C)[C@@H](c3cccc4cnccc34)C(=O)C[C@@H]12. The molecule has 0 bridgehead atoms. The van der Waals surface area contributed by atoms with Crippen molar-refractivity contribution in [1.82, 2.24) is 10.3 Å². The minimum Gasteiger partial charge on any atom is -0.489 e. The summed E-state index contributed by atoms with van der Waals surface area (Å²) in [6.07, 6.45) is 11.0. The number of benzene rings is 1. The highest BCUT2D eigenvalue weighted by Gasteiger charge is 2.57. The molecule has 4 aliphatic rings. The Morgan fingerprint density at radius 1 is 1.20 bits per heavy atom. The van der Waals surface area contributed by atoms with Gasteiger partial charge in [0.15, 0.2) is 5.78 Å². The molecule has 178 valence electrons. The molecule has 1 unspecified atom stereocenters. The van der Waals surface area contributed by atoms with Crippen molar-refractivity contribution in [2.75, 3.05) is 6.54 Å². The Bertz CT molecular complexity index is 1360. The molecular weight excluding hydrogens is 440 g/mol. The van der Waals surface area contributed by atoms with Crippen LogP contribution >= 0.6 is 0 Å². The van der Waals surface area contributed by atoms with Crippen LogP contribution in [-0.2, 0) is 19.1 Å². The van der Waals surface area contributed by atoms with Crippen LogP contribution < -0.4 is 5.32 Å². The first-order valence-corrected chi connectivity index (χ1v) is 12.3. The second-order valence-electron chi connectivity index (χ2n) is 10.5. The Hall–Kier alpha value is -3.54. The Kier molecular flexibility index (Phi) is 5.02. The summed E-state index contributed by atoms with van der Waals surface area (Å²) in [7, 11) is 0. The second-order valence-corrected chi connectivity index (χ2v) is 10.5. The van der Waals surface area contributed by atoms with E-state index in [-0.39, 0.29) is 41.3 Å². The molecule has 0 spiro atoms. The van der Waals surface area contributed by atoms with E-state index in [9.17, 15) is 14.4 Å². The first-order valence-electron chi connectivity index (χ1n) is 12.3. The number of nitrogens with zero attached hydrogens (tertiary/aromatic N) is 1. The number of pyridine rings is 1. The molecule has 2 heterocycles. The van der Waals surface area contributed by atoms with E-state index in [1.165, 1.54) is 6.92 Å². The number of amides is 1. The summed E-state index contributed by atoms with van der Waals surface area (Å²) in [6, 6.07) is 8.08. The van der Waals surface area contributed by atoms with Crippen molar-refractivity contribution in [2.45, 2.75) is 45.1 Å². The summed E-state index contributed by atoms with van der Waals surface area (Å²) in [4.78, 5) is 42.1. The van der Waals surface area contributed by atoms with Crippen LogP contribution in [0.15, 0.2) is 71.8 Å². The van der Waals surface area contributed by atoms with E-state index in [2.05, 4.69) is 35.4 Å². The maximum Gasteiger partial charge on any atom is 0.216 e. The van der Waals surface area contributed by atoms with Gasteiger partial charge in [0, 0.05) is 61.8 Å². The number of ketones is 2. The molecule has 0 saturated heterocycles. The van der Waals surface area contributed by atoms with E-state index in [0.29, 0.717) is 37.1 Å². The van der Waals surface area contributed by atoms with Gasteiger partial charge in [-0.25, -0.2) is 0 Å². The molecule has 0 radical (unpaired) electrons. The van der Waals surface area contributed by atoms with Crippen molar-refractivity contribution in [3.8, 4) is 0 Å². The van der Waals surface area contributed by atoms with Gasteiger partial charge >= 0.3 is 0 Å². The standard InChI is InChI=1S/C29H28N2O4/c1-16(32)31-14-17-10-24(33)22-12-18-6-8-29(2)23(28(18)35-26(22)11-17)13-25(34)27(29)21-5-3-4-19-15-30-9-7-20(19)21/h3-9,12,15,17,23,27-28H,10-11,13-14H2,1-2H3,(H,31,32)/t17?,23-,27-,28+,29-/m0/s1. The zero-order valence-corrected chi connectivity index (χ0v) is 19.9. The summed E-state index contributed by atoms with van der Waals surface area (Å²) < 4.78 is 6.57. The Labute approximate surface area is 204 Å². The number of aromatic nitrogens is 1. The van der Waals surface area contributed by atoms with Gasteiger partial charge in [-0.05, 0) is 34.6 Å². The monoisotopic (exact) mass is 468 g/mol. The van der Waals surface area contributed by atoms with Gasteiger partial charge in [0.2, 0.25) is 5.91 Å². The molecule has 1 amide bonds. The maximum absolute atomic E-state index is 13.6. The van der Waals surface area contributed by atoms with Gasteiger partial charge in [-0.2, -0.15) is 0 Å². The molecule has 6 rings (SSSR count). The first-order chi connectivity index (χ1) is 16.8. The van der Waals surface area contributed by atoms with Crippen LogP contribution in [0.25, 0.3) is 10.8 Å². The molecule has 1 N–H and O–H groups in total. The van der Waals surface area contributed by atoms with Gasteiger partial charge < -0.3 is 10.1 Å². The van der Waals surface area contributed by atoms with E-state index in [4.69, 9.17) is 4.74 Å². The molecule has 1 fully saturated rings. The lowest BCUT2D eigenvalue weighted by Gasteiger charge is -2.44. The van der Waals surface area contributed by atoms with Crippen molar-refractivity contribution in [1.29, 1.82) is 0 Å². The number of ether oxygens (including phenoxy) is 1. The number of rotatable bonds is 3. The smallest absolute Gasteiger partial charge is 0.216 e. The average Bonchev–Trinajstić information content (AvgIpc) is 3.12. The van der Waals surface area contributed by atoms with E-state index >= 15 is 0 Å². The van der Waals surface area contributed by atoms with Gasteiger partial charge in [0.25, 0.3) is 0 Å². The fourth-order valence-electron chi connectivity index (χ4n) is 6.56. The second kappa shape index (κ2) is 8.01. The highest BCUT2D eigenvalue weighted by molar-refractivity contribution is 6.00. The number of allylic oxidation sites excluding steroid dienone is 4. The van der Waals surface area contributed by atoms with Gasteiger partial charge in [-0.15, -0.1) is 0 Å². The van der Waals surface area contributed by atoms with Gasteiger partial charge in [0.05, 0.1) is 11.5 Å². The lowest BCUT2D eigenvalue weighted by atomic mass is 9.64. The van der Waals surface area contributed by atoms with Crippen LogP contribution in [0.5, 0.6) is 0 Å². The highest BCUT2D eigenvalue weighted by Crippen LogP contribution is 2.58. The highest BCUT2D eigenvalue weighted by atomic mass is 16.5. The third-order valence-electron chi connectivity index (χ3n) is 8.29. The van der Waals surface area contributed by atoms with E-state index in [0.717, 1.165) is 21.9 Å². The minimum absolute atomic E-state index is 0.0202. The first kappa shape index (κ1) is 22.0. The summed E-state index contributed by atoms with van der Waals surface area (Å²) in [6.45, 7) is 4.11. The number of hydrogen-bond acceptors (Lipinski definition) is 5. The average molecular weight is 469 g/mol. The van der Waals surface area contributed by atoms with Gasteiger partial charge in [0.1, 0.15) is 17.6 Å². The number of hydrogen-bond donors (Lipinski definition) is 1. The van der Waals surface area contributed by atoms with Crippen LogP contribution in [0.4, 0.5) is 0 Å². The van der Waals surface area contributed by atoms with Crippen molar-refractivity contribution in [3.63, 3.8) is 0 Å². The van der Waals surface area contributed by atoms with Crippen molar-refractivity contribution < 1.29 is 19.1 Å². The molecule has 2 aromatic rings. The Morgan fingerprint density at radius 2 is 2.06 bits per heavy atom. The largest absolute Gasteiger partial charge is 0.489 e. The summed E-state index contributed by atoms with van der Waals surface area (Å²) in [5.41, 5.74) is 2.25. The molecule has 5 atom stereocenters. The number of fused-ring (bicyclic) bond motifs is 4. The fourth-order valence-corrected chi connectivity index (χ4v) is 6.56. The predicted octanol–water partition coefficient (Wildman–Crippen LogP) is 4.18. The lowest BCUT2D eigenvalue weighted by molar-refractivity contribution is -0.120. The minimum atomic E-state index is -0.400. The number of carbonyl (C=O) groups is 3. The molecule has 6 nitrogen and oxygen atoms in total. The van der Waals surface area contributed by atoms with Crippen molar-refractivity contribution in [3.05, 3.63) is 77.4 Å². The Morgan fingerprint density at radius 3 is 2.89 bits per heavy atom. The van der Waals surface area contributed by atoms with E-state index in [1.807, 2.05) is 30.5 Å². The van der Waals surface area contributed by atoms with Crippen LogP contribution in [0.1, 0.15) is 44.6 Å². The molecular formula is C29H28N2O4. The molecule has 1 saturated carbocycles. The number of Topliss-reactive ketones (excluding diaryl/α,β-unsaturated/α-hetero) is 2. The molecule has 35 heavy (non-hydrogen) atoms. The van der Waals surface area contributed by atoms with Crippen LogP contribution in [0, 0.1) is 17.3 Å². The van der Waals surface area contributed by atoms with Gasteiger partial charge in [-0.1, -0.05) is 37.3 Å². The maximum atomic E-state index is 13.6. The lowest BCUT2D eigenvalue weighted by Crippen LogP contribution is -2.42. The van der Waals surface area contributed by atoms with Crippen LogP contribution in [0.2, 0.25) is 0 Å². The number of carbonyl (C=O) groups excluding carboxylic acids is 3. The normalized spacial score (nSPS) is 31.4. The number of nitrogens with one attached hydrogen (secondary N) is 1. The van der Waals surface area contributed by atoms with Crippen LogP contribution in [0.3, 0.4) is 0 Å². The molecule has 1 aliphatic heterocycles. The molecule has 1 aromatic carbocycles. The quantitative estimate of drug-likeness (QED) is 0.731. The predicted molar refractivity (Wildman–Crippen MR) is 131 cm³/mol. The van der Waals surface area contributed by atoms with E-state index in [1.54, 1.807) is 6.20 Å². The summed E-state index contributed by atoms with van der Waals surface area (Å²) in [5.74, 6) is 0.613. The zero-order valence-electron chi connectivity index (χ0n) is 19.9. The summed E-state index contributed by atoms with van der Waals surface area (Å²) in [5, 5.41) is 4.92. The third kappa shape index (κ3) is 3.46. The summed E-state index contributed by atoms with van der Waals surface area (Å²) >= 11 is 0. The zero-order chi connectivity index (χ0) is 24.3. The Balaban J connectivity index is 1.35. The van der Waals surface area contributed by atoms with Crippen molar-refractivity contribution >= 4 is 28.2 Å². The van der Waals surface area contributed by atoms with E-state index < -0.39 is 5.41 Å². The topological polar surface area (TPSA) is 85.4 Å². The van der Waals surface area contributed by atoms with Crippen molar-refractivity contribution in [2.24, 2.45) is 17.3 Å². The molecule has 6 heteroatoms. The molecule has 3 aliphatic carbocycles. The fraction of sp³-hybridized carbons (Fsp3) is 0.379.